The summed E-state index contributed by atoms with van der Waals surface area (Å²) in [5.74, 6) is 0.574. The van der Waals surface area contributed by atoms with E-state index in [1.807, 2.05) is 0 Å². The molecule has 3 N–H and O–H groups in total. The van der Waals surface area contributed by atoms with Crippen molar-refractivity contribution < 1.29 is 4.74 Å². The molecule has 1 rings (SSSR count). The van der Waals surface area contributed by atoms with Crippen molar-refractivity contribution in [3.63, 3.8) is 0 Å². The molecule has 1 saturated heterocycles. The lowest BCUT2D eigenvalue weighted by Crippen LogP contribution is -2.43. The quantitative estimate of drug-likeness (QED) is 0.394. The van der Waals surface area contributed by atoms with Crippen LogP contribution in [0, 0.1) is 5.41 Å². The van der Waals surface area contributed by atoms with E-state index < -0.39 is 0 Å². The van der Waals surface area contributed by atoms with Gasteiger partial charge >= 0.3 is 0 Å². The average Bonchev–Trinajstić information content (AvgIpc) is 2.23. The highest BCUT2D eigenvalue weighted by Gasteiger charge is 2.32. The van der Waals surface area contributed by atoms with Gasteiger partial charge in [-0.2, -0.15) is 0 Å². The minimum Gasteiger partial charge on any atom is -0.380 e. The van der Waals surface area contributed by atoms with Gasteiger partial charge in [-0.25, -0.2) is 0 Å². The lowest BCUT2D eigenvalue weighted by molar-refractivity contribution is -0.0945. The van der Waals surface area contributed by atoms with Gasteiger partial charge in [0.05, 0.1) is 19.8 Å². The van der Waals surface area contributed by atoms with Crippen molar-refractivity contribution in [2.75, 3.05) is 26.3 Å². The minimum atomic E-state index is 0.217. The van der Waals surface area contributed by atoms with Crippen molar-refractivity contribution in [3.05, 3.63) is 0 Å². The lowest BCUT2D eigenvalue weighted by Gasteiger charge is -2.36. The minimum absolute atomic E-state index is 0.217. The summed E-state index contributed by atoms with van der Waals surface area (Å²) < 4.78 is 5.17. The summed E-state index contributed by atoms with van der Waals surface area (Å²) in [5, 5.41) is 3.15. The molecule has 4 heteroatoms. The Morgan fingerprint density at radius 2 is 2.12 bits per heavy atom. The van der Waals surface area contributed by atoms with E-state index >= 15 is 0 Å². The van der Waals surface area contributed by atoms with Gasteiger partial charge in [0.25, 0.3) is 0 Å². The van der Waals surface area contributed by atoms with Crippen LogP contribution < -0.4 is 11.1 Å². The normalized spacial score (nSPS) is 19.2. The van der Waals surface area contributed by atoms with E-state index in [-0.39, 0.29) is 5.41 Å². The molecule has 0 spiro atoms. The molecule has 0 atom stereocenters. The molecule has 0 aromatic rings. The van der Waals surface area contributed by atoms with Crippen molar-refractivity contribution in [3.8, 4) is 0 Å². The zero-order valence-electron chi connectivity index (χ0n) is 10.6. The fraction of sp³-hybridized carbons (Fsp3) is 0.917. The van der Waals surface area contributed by atoms with Gasteiger partial charge in [-0.3, -0.25) is 4.99 Å². The number of guanidine groups is 1. The molecule has 4 nitrogen and oxygen atoms in total. The molecule has 1 heterocycles. The standard InChI is InChI=1S/C12H25N3O/c1-3-4-5-6-7-14-11(13)15-8-12(2)9-16-10-12/h3-10H2,1-2H3,(H3,13,14,15). The van der Waals surface area contributed by atoms with Crippen molar-refractivity contribution in [1.29, 1.82) is 0 Å². The van der Waals surface area contributed by atoms with Gasteiger partial charge in [-0.1, -0.05) is 33.1 Å². The van der Waals surface area contributed by atoms with Gasteiger partial charge < -0.3 is 15.8 Å². The van der Waals surface area contributed by atoms with Crippen LogP contribution in [-0.4, -0.2) is 32.3 Å². The predicted molar refractivity (Wildman–Crippen MR) is 67.6 cm³/mol. The number of hydrogen-bond acceptors (Lipinski definition) is 2. The maximum absolute atomic E-state index is 5.77. The Hall–Kier alpha value is -0.770. The number of nitrogens with one attached hydrogen (secondary N) is 1. The molecule has 0 radical (unpaired) electrons. The Kier molecular flexibility index (Phi) is 5.60. The molecular weight excluding hydrogens is 202 g/mol. The van der Waals surface area contributed by atoms with E-state index in [1.54, 1.807) is 0 Å². The summed E-state index contributed by atoms with van der Waals surface area (Å²) >= 11 is 0. The maximum atomic E-state index is 5.77. The predicted octanol–water partition coefficient (Wildman–Crippen LogP) is 1.51. The SMILES string of the molecule is CCCCCCNC(N)=NCC1(C)COC1. The van der Waals surface area contributed by atoms with Crippen LogP contribution in [0.4, 0.5) is 0 Å². The molecule has 1 aliphatic rings. The first-order chi connectivity index (χ1) is 7.66. The van der Waals surface area contributed by atoms with E-state index in [0.29, 0.717) is 5.96 Å². The van der Waals surface area contributed by atoms with Gasteiger partial charge in [-0.15, -0.1) is 0 Å². The second-order valence-electron chi connectivity index (χ2n) is 4.99. The van der Waals surface area contributed by atoms with E-state index in [9.17, 15) is 0 Å². The highest BCUT2D eigenvalue weighted by molar-refractivity contribution is 5.77. The van der Waals surface area contributed by atoms with Crippen LogP contribution in [0.3, 0.4) is 0 Å². The topological polar surface area (TPSA) is 59.6 Å². The largest absolute Gasteiger partial charge is 0.380 e. The van der Waals surface area contributed by atoms with Crippen LogP contribution in [0.1, 0.15) is 39.5 Å². The molecule has 0 aliphatic carbocycles. The van der Waals surface area contributed by atoms with E-state index in [2.05, 4.69) is 24.2 Å². The van der Waals surface area contributed by atoms with Crippen molar-refractivity contribution in [2.24, 2.45) is 16.1 Å². The molecule has 94 valence electrons. The maximum Gasteiger partial charge on any atom is 0.188 e. The van der Waals surface area contributed by atoms with Crippen LogP contribution in [-0.2, 0) is 4.74 Å². The molecule has 1 aliphatic heterocycles. The van der Waals surface area contributed by atoms with Crippen LogP contribution in [0.2, 0.25) is 0 Å². The smallest absolute Gasteiger partial charge is 0.188 e. The van der Waals surface area contributed by atoms with Crippen LogP contribution >= 0.6 is 0 Å². The Bertz CT molecular complexity index is 224. The third kappa shape index (κ3) is 4.84. The first kappa shape index (κ1) is 13.3. The first-order valence-corrected chi connectivity index (χ1v) is 6.28. The van der Waals surface area contributed by atoms with E-state index in [0.717, 1.165) is 26.3 Å². The average molecular weight is 227 g/mol. The summed E-state index contributed by atoms with van der Waals surface area (Å²) in [4.78, 5) is 4.34. The Morgan fingerprint density at radius 1 is 1.38 bits per heavy atom. The van der Waals surface area contributed by atoms with Gasteiger partial charge in [0.1, 0.15) is 0 Å². The summed E-state index contributed by atoms with van der Waals surface area (Å²) in [5.41, 5.74) is 5.99. The number of aliphatic imine (C=N–C) groups is 1. The fourth-order valence-corrected chi connectivity index (χ4v) is 1.64. The summed E-state index contributed by atoms with van der Waals surface area (Å²) in [6.45, 7) is 7.70. The number of ether oxygens (including phenoxy) is 1. The van der Waals surface area contributed by atoms with Gasteiger partial charge in [0, 0.05) is 12.0 Å². The Morgan fingerprint density at radius 3 is 2.69 bits per heavy atom. The Labute approximate surface area is 98.6 Å². The summed E-state index contributed by atoms with van der Waals surface area (Å²) in [6.07, 6.45) is 5.00. The molecule has 1 fully saturated rings. The fourth-order valence-electron chi connectivity index (χ4n) is 1.64. The van der Waals surface area contributed by atoms with Gasteiger partial charge in [0.15, 0.2) is 5.96 Å². The molecule has 0 unspecified atom stereocenters. The molecule has 0 aromatic carbocycles. The zero-order valence-corrected chi connectivity index (χ0v) is 10.6. The number of unbranched alkanes of at least 4 members (excludes halogenated alkanes) is 3. The molecule has 0 amide bonds. The Balaban J connectivity index is 2.04. The monoisotopic (exact) mass is 227 g/mol. The van der Waals surface area contributed by atoms with Crippen molar-refractivity contribution >= 4 is 5.96 Å². The summed E-state index contributed by atoms with van der Waals surface area (Å²) in [7, 11) is 0. The van der Waals surface area contributed by atoms with E-state index in [1.165, 1.54) is 25.7 Å². The van der Waals surface area contributed by atoms with Crippen molar-refractivity contribution in [1.82, 2.24) is 5.32 Å². The van der Waals surface area contributed by atoms with Crippen LogP contribution in [0.25, 0.3) is 0 Å². The number of nitrogens with zero attached hydrogens (tertiary/aromatic N) is 1. The second kappa shape index (κ2) is 6.74. The third-order valence-electron chi connectivity index (χ3n) is 2.87. The van der Waals surface area contributed by atoms with Gasteiger partial charge in [0.2, 0.25) is 0 Å². The number of hydrogen-bond donors (Lipinski definition) is 2. The van der Waals surface area contributed by atoms with Crippen molar-refractivity contribution in [2.45, 2.75) is 39.5 Å². The van der Waals surface area contributed by atoms with Crippen LogP contribution in [0.15, 0.2) is 4.99 Å². The lowest BCUT2D eigenvalue weighted by atomic mass is 9.89. The third-order valence-corrected chi connectivity index (χ3v) is 2.87. The number of nitrogens with two attached hydrogens (primary N) is 1. The van der Waals surface area contributed by atoms with Gasteiger partial charge in [-0.05, 0) is 6.42 Å². The first-order valence-electron chi connectivity index (χ1n) is 6.28. The van der Waals surface area contributed by atoms with E-state index in [4.69, 9.17) is 10.5 Å². The highest BCUT2D eigenvalue weighted by Crippen LogP contribution is 2.26. The molecule has 0 saturated carbocycles. The second-order valence-corrected chi connectivity index (χ2v) is 4.99. The zero-order chi connectivity index (χ0) is 11.9. The summed E-state index contributed by atoms with van der Waals surface area (Å²) in [6, 6.07) is 0. The molecule has 0 aromatic heterocycles. The highest BCUT2D eigenvalue weighted by atomic mass is 16.5. The molecule has 0 bridgehead atoms. The number of rotatable bonds is 7. The van der Waals surface area contributed by atoms with Crippen LogP contribution in [0.5, 0.6) is 0 Å². The molecule has 16 heavy (non-hydrogen) atoms. The molecular formula is C12H25N3O.